The molecular formula is C21H33N5O. The second-order valence-electron chi connectivity index (χ2n) is 8.72. The summed E-state index contributed by atoms with van der Waals surface area (Å²) in [6, 6.07) is 0. The third kappa shape index (κ3) is 3.96. The molecule has 6 nitrogen and oxygen atoms in total. The molecule has 1 spiro atoms. The Morgan fingerprint density at radius 3 is 2.85 bits per heavy atom. The molecular weight excluding hydrogens is 338 g/mol. The standard InChI is InChI=1S/C21H33N5O/c1-3-4-18-13-22-16-23-20(18)26-12-11-24(2)21(15-26)8-7-19(27)25(10-9-21)14-17-5-6-17/h13,16-17H,3-12,14-15H2,1-2H3/t21-/m1/s1. The number of aryl methyl sites for hydroxylation is 1. The van der Waals surface area contributed by atoms with Crippen LogP contribution in [0.1, 0.15) is 51.0 Å². The molecule has 27 heavy (non-hydrogen) atoms. The SMILES string of the molecule is CCCc1cncnc1N1CCN(C)[C@@]2(CCC(=O)N(CC3CC3)CC2)C1. The molecule has 1 aromatic rings. The van der Waals surface area contributed by atoms with E-state index in [1.807, 2.05) is 6.20 Å². The van der Waals surface area contributed by atoms with E-state index in [4.69, 9.17) is 0 Å². The Labute approximate surface area is 162 Å². The molecule has 0 bridgehead atoms. The average Bonchev–Trinajstić information content (AvgIpc) is 3.51. The third-order valence-corrected chi connectivity index (χ3v) is 6.76. The largest absolute Gasteiger partial charge is 0.353 e. The number of hydrogen-bond donors (Lipinski definition) is 0. The van der Waals surface area contributed by atoms with E-state index in [1.165, 1.54) is 18.4 Å². The summed E-state index contributed by atoms with van der Waals surface area (Å²) in [6.45, 7) is 7.06. The molecule has 3 fully saturated rings. The van der Waals surface area contributed by atoms with Crippen molar-refractivity contribution in [3.63, 3.8) is 0 Å². The van der Waals surface area contributed by atoms with Gasteiger partial charge >= 0.3 is 0 Å². The molecule has 0 radical (unpaired) electrons. The molecule has 1 atom stereocenters. The van der Waals surface area contributed by atoms with E-state index in [-0.39, 0.29) is 5.54 Å². The van der Waals surface area contributed by atoms with Crippen molar-refractivity contribution in [2.75, 3.05) is 44.7 Å². The summed E-state index contributed by atoms with van der Waals surface area (Å²) in [4.78, 5) is 28.7. The number of aromatic nitrogens is 2. The van der Waals surface area contributed by atoms with Gasteiger partial charge in [0.15, 0.2) is 0 Å². The van der Waals surface area contributed by atoms with E-state index < -0.39 is 0 Å². The molecule has 0 aromatic carbocycles. The van der Waals surface area contributed by atoms with E-state index in [1.54, 1.807) is 6.33 Å². The highest BCUT2D eigenvalue weighted by Gasteiger charge is 2.43. The Kier molecular flexibility index (Phi) is 5.35. The number of rotatable bonds is 5. The number of anilines is 1. The van der Waals surface area contributed by atoms with Crippen molar-refractivity contribution in [1.82, 2.24) is 19.8 Å². The van der Waals surface area contributed by atoms with E-state index in [2.05, 4.69) is 38.6 Å². The Morgan fingerprint density at radius 2 is 2.07 bits per heavy atom. The van der Waals surface area contributed by atoms with Gasteiger partial charge in [0.2, 0.25) is 5.91 Å². The number of amides is 1. The van der Waals surface area contributed by atoms with Crippen molar-refractivity contribution in [2.45, 2.75) is 57.4 Å². The summed E-state index contributed by atoms with van der Waals surface area (Å²) < 4.78 is 0. The van der Waals surface area contributed by atoms with Gasteiger partial charge in [-0.25, -0.2) is 9.97 Å². The van der Waals surface area contributed by atoms with Gasteiger partial charge < -0.3 is 9.80 Å². The first-order valence-electron chi connectivity index (χ1n) is 10.6. The number of likely N-dealkylation sites (N-methyl/N-ethyl adjacent to an activating group) is 1. The van der Waals surface area contributed by atoms with Crippen LogP contribution in [0.3, 0.4) is 0 Å². The zero-order chi connectivity index (χ0) is 18.9. The van der Waals surface area contributed by atoms with E-state index >= 15 is 0 Å². The zero-order valence-corrected chi connectivity index (χ0v) is 16.9. The zero-order valence-electron chi connectivity index (χ0n) is 16.9. The van der Waals surface area contributed by atoms with Gasteiger partial charge in [-0.3, -0.25) is 9.69 Å². The van der Waals surface area contributed by atoms with Crippen LogP contribution in [0.5, 0.6) is 0 Å². The molecule has 0 N–H and O–H groups in total. The number of likely N-dealkylation sites (tertiary alicyclic amines) is 1. The monoisotopic (exact) mass is 371 g/mol. The predicted molar refractivity (Wildman–Crippen MR) is 107 cm³/mol. The molecule has 4 rings (SSSR count). The Bertz CT molecular complexity index is 676. The fourth-order valence-electron chi connectivity index (χ4n) is 4.76. The first-order valence-corrected chi connectivity index (χ1v) is 10.6. The molecule has 1 aromatic heterocycles. The lowest BCUT2D eigenvalue weighted by Gasteiger charge is -2.50. The van der Waals surface area contributed by atoms with Crippen LogP contribution in [0, 0.1) is 5.92 Å². The third-order valence-electron chi connectivity index (χ3n) is 6.76. The van der Waals surface area contributed by atoms with E-state index in [9.17, 15) is 4.79 Å². The molecule has 2 aliphatic heterocycles. The number of nitrogens with zero attached hydrogens (tertiary/aromatic N) is 5. The molecule has 2 saturated heterocycles. The van der Waals surface area contributed by atoms with Crippen LogP contribution in [0.4, 0.5) is 5.82 Å². The van der Waals surface area contributed by atoms with Crippen LogP contribution >= 0.6 is 0 Å². The summed E-state index contributed by atoms with van der Waals surface area (Å²) in [6.07, 6.45) is 11.1. The second kappa shape index (κ2) is 7.74. The number of carbonyl (C=O) groups is 1. The van der Waals surface area contributed by atoms with E-state index in [0.717, 1.165) is 70.1 Å². The van der Waals surface area contributed by atoms with Gasteiger partial charge in [-0.2, -0.15) is 0 Å². The number of hydrogen-bond acceptors (Lipinski definition) is 5. The van der Waals surface area contributed by atoms with Crippen LogP contribution in [-0.2, 0) is 11.2 Å². The van der Waals surface area contributed by atoms with Crippen molar-refractivity contribution < 1.29 is 4.79 Å². The van der Waals surface area contributed by atoms with Crippen molar-refractivity contribution in [3.05, 3.63) is 18.1 Å². The smallest absolute Gasteiger partial charge is 0.222 e. The van der Waals surface area contributed by atoms with Gasteiger partial charge in [0, 0.05) is 56.4 Å². The normalized spacial score (nSPS) is 27.3. The minimum Gasteiger partial charge on any atom is -0.353 e. The second-order valence-corrected chi connectivity index (χ2v) is 8.72. The summed E-state index contributed by atoms with van der Waals surface area (Å²) in [5, 5.41) is 0. The minimum absolute atomic E-state index is 0.0701. The highest BCUT2D eigenvalue weighted by Crippen LogP contribution is 2.36. The Balaban J connectivity index is 1.52. The van der Waals surface area contributed by atoms with Crippen molar-refractivity contribution in [1.29, 1.82) is 0 Å². The van der Waals surface area contributed by atoms with Crippen LogP contribution in [0.2, 0.25) is 0 Å². The highest BCUT2D eigenvalue weighted by atomic mass is 16.2. The van der Waals surface area contributed by atoms with Crippen molar-refractivity contribution in [2.24, 2.45) is 5.92 Å². The number of carbonyl (C=O) groups excluding carboxylic acids is 1. The molecule has 1 amide bonds. The molecule has 1 aliphatic carbocycles. The minimum atomic E-state index is 0.0701. The molecule has 6 heteroatoms. The fraction of sp³-hybridized carbons (Fsp3) is 0.762. The quantitative estimate of drug-likeness (QED) is 0.795. The molecule has 3 heterocycles. The Morgan fingerprint density at radius 1 is 1.22 bits per heavy atom. The van der Waals surface area contributed by atoms with Gasteiger partial charge in [0.05, 0.1) is 0 Å². The lowest BCUT2D eigenvalue weighted by atomic mass is 9.86. The lowest BCUT2D eigenvalue weighted by Crippen LogP contribution is -2.61. The first kappa shape index (κ1) is 18.7. The van der Waals surface area contributed by atoms with Crippen LogP contribution in [0.15, 0.2) is 12.5 Å². The molecule has 0 unspecified atom stereocenters. The van der Waals surface area contributed by atoms with E-state index in [0.29, 0.717) is 12.3 Å². The topological polar surface area (TPSA) is 52.6 Å². The summed E-state index contributed by atoms with van der Waals surface area (Å²) >= 11 is 0. The van der Waals surface area contributed by atoms with Gasteiger partial charge in [-0.1, -0.05) is 13.3 Å². The van der Waals surface area contributed by atoms with Crippen LogP contribution in [-0.4, -0.2) is 71.0 Å². The maximum Gasteiger partial charge on any atom is 0.222 e. The van der Waals surface area contributed by atoms with Gasteiger partial charge in [-0.05, 0) is 45.1 Å². The summed E-state index contributed by atoms with van der Waals surface area (Å²) in [5.41, 5.74) is 1.32. The Hall–Kier alpha value is -1.69. The molecule has 3 aliphatic rings. The van der Waals surface area contributed by atoms with Crippen molar-refractivity contribution in [3.8, 4) is 0 Å². The fourth-order valence-corrected chi connectivity index (χ4v) is 4.76. The van der Waals surface area contributed by atoms with Crippen LogP contribution < -0.4 is 4.90 Å². The predicted octanol–water partition coefficient (Wildman–Crippen LogP) is 2.34. The highest BCUT2D eigenvalue weighted by molar-refractivity contribution is 5.76. The number of piperazine rings is 1. The molecule has 1 saturated carbocycles. The van der Waals surface area contributed by atoms with Gasteiger partial charge in [0.1, 0.15) is 12.1 Å². The van der Waals surface area contributed by atoms with Crippen LogP contribution in [0.25, 0.3) is 0 Å². The average molecular weight is 372 g/mol. The summed E-state index contributed by atoms with van der Waals surface area (Å²) in [7, 11) is 2.24. The lowest BCUT2D eigenvalue weighted by molar-refractivity contribution is -0.130. The maximum absolute atomic E-state index is 12.7. The van der Waals surface area contributed by atoms with Gasteiger partial charge in [0.25, 0.3) is 0 Å². The first-order chi connectivity index (χ1) is 13.1. The maximum atomic E-state index is 12.7. The van der Waals surface area contributed by atoms with Crippen molar-refractivity contribution >= 4 is 11.7 Å². The summed E-state index contributed by atoms with van der Waals surface area (Å²) in [5.74, 6) is 2.23. The van der Waals surface area contributed by atoms with Gasteiger partial charge in [-0.15, -0.1) is 0 Å². The molecule has 148 valence electrons.